The van der Waals surface area contributed by atoms with E-state index in [1.807, 2.05) is 6.92 Å². The van der Waals surface area contributed by atoms with Crippen molar-refractivity contribution in [3.8, 4) is 0 Å². The van der Waals surface area contributed by atoms with Crippen LogP contribution < -0.4 is 15.4 Å². The summed E-state index contributed by atoms with van der Waals surface area (Å²) in [7, 11) is -3.67. The molecule has 0 aliphatic carbocycles. The molecule has 31 heavy (non-hydrogen) atoms. The first-order valence-electron chi connectivity index (χ1n) is 10.1. The summed E-state index contributed by atoms with van der Waals surface area (Å²) in [5, 5.41) is 6.06. The van der Waals surface area contributed by atoms with Gasteiger partial charge in [0, 0.05) is 17.3 Å². The number of anilines is 1. The molecule has 6 nitrogen and oxygen atoms in total. The number of hydrogen-bond acceptors (Lipinski definition) is 4. The molecule has 1 heterocycles. The van der Waals surface area contributed by atoms with Crippen LogP contribution in [0, 0.1) is 25.6 Å². The highest BCUT2D eigenvalue weighted by Gasteiger charge is 2.25. The Morgan fingerprint density at radius 2 is 1.77 bits per heavy atom. The highest BCUT2D eigenvalue weighted by Crippen LogP contribution is 2.23. The second-order valence-corrected chi connectivity index (χ2v) is 9.60. The molecule has 1 saturated heterocycles. The van der Waals surface area contributed by atoms with Crippen LogP contribution in [0.25, 0.3) is 0 Å². The monoisotopic (exact) mass is 469 g/mol. The van der Waals surface area contributed by atoms with Crippen molar-refractivity contribution in [1.29, 1.82) is 0 Å². The normalized spacial score (nSPS) is 15.7. The highest BCUT2D eigenvalue weighted by atomic mass is 35.5. The van der Waals surface area contributed by atoms with E-state index >= 15 is 0 Å². The van der Waals surface area contributed by atoms with Crippen LogP contribution in [0.3, 0.4) is 0 Å². The molecule has 0 unspecified atom stereocenters. The number of halogens is 2. The molecule has 0 saturated carbocycles. The largest absolute Gasteiger partial charge is 0.322 e. The van der Waals surface area contributed by atoms with Crippen molar-refractivity contribution in [3.05, 3.63) is 58.9 Å². The fraction of sp³-hybridized carbons (Fsp3) is 0.409. The van der Waals surface area contributed by atoms with E-state index in [2.05, 4.69) is 15.4 Å². The Labute approximate surface area is 189 Å². The molecule has 2 aromatic carbocycles. The van der Waals surface area contributed by atoms with Crippen LogP contribution in [0.15, 0.2) is 41.3 Å². The van der Waals surface area contributed by atoms with Crippen LogP contribution in [-0.4, -0.2) is 33.5 Å². The lowest BCUT2D eigenvalue weighted by Crippen LogP contribution is -2.42. The average molecular weight is 470 g/mol. The van der Waals surface area contributed by atoms with Gasteiger partial charge in [-0.1, -0.05) is 0 Å². The number of amides is 1. The zero-order valence-corrected chi connectivity index (χ0v) is 19.5. The molecule has 3 N–H and O–H groups in total. The van der Waals surface area contributed by atoms with E-state index in [0.29, 0.717) is 28.3 Å². The van der Waals surface area contributed by atoms with Crippen LogP contribution in [0.1, 0.15) is 41.3 Å². The highest BCUT2D eigenvalue weighted by molar-refractivity contribution is 7.89. The second-order valence-electron chi connectivity index (χ2n) is 7.89. The number of aryl methyl sites for hydroxylation is 2. The molecule has 0 bridgehead atoms. The summed E-state index contributed by atoms with van der Waals surface area (Å²) in [5.74, 6) is -0.468. The maximum atomic E-state index is 13.3. The third kappa shape index (κ3) is 6.26. The predicted octanol–water partition coefficient (Wildman–Crippen LogP) is 3.78. The summed E-state index contributed by atoms with van der Waals surface area (Å²) < 4.78 is 41.7. The van der Waals surface area contributed by atoms with Crippen LogP contribution in [0.2, 0.25) is 0 Å². The lowest BCUT2D eigenvalue weighted by molar-refractivity contribution is 0.102. The van der Waals surface area contributed by atoms with Gasteiger partial charge in [-0.2, -0.15) is 0 Å². The first-order chi connectivity index (χ1) is 14.2. The Bertz CT molecular complexity index is 1040. The number of sulfonamides is 1. The number of piperidine rings is 1. The maximum absolute atomic E-state index is 13.3. The van der Waals surface area contributed by atoms with Gasteiger partial charge in [-0.3, -0.25) is 4.79 Å². The van der Waals surface area contributed by atoms with Gasteiger partial charge in [-0.05, 0) is 100 Å². The van der Waals surface area contributed by atoms with Gasteiger partial charge in [-0.25, -0.2) is 17.5 Å². The van der Waals surface area contributed by atoms with E-state index in [9.17, 15) is 17.6 Å². The molecular formula is C22H29ClFN3O3S. The molecule has 0 aromatic heterocycles. The summed E-state index contributed by atoms with van der Waals surface area (Å²) in [5.41, 5.74) is 2.03. The average Bonchev–Trinajstić information content (AvgIpc) is 2.69. The van der Waals surface area contributed by atoms with Gasteiger partial charge in [-0.15, -0.1) is 12.4 Å². The number of hydrogen-bond donors (Lipinski definition) is 3. The van der Waals surface area contributed by atoms with E-state index in [1.165, 1.54) is 24.3 Å². The van der Waals surface area contributed by atoms with Gasteiger partial charge >= 0.3 is 0 Å². The molecule has 170 valence electrons. The zero-order chi connectivity index (χ0) is 21.9. The summed E-state index contributed by atoms with van der Waals surface area (Å²) >= 11 is 0. The molecule has 1 fully saturated rings. The van der Waals surface area contributed by atoms with Crippen LogP contribution >= 0.6 is 12.4 Å². The summed E-state index contributed by atoms with van der Waals surface area (Å²) in [6.45, 7) is 7.10. The Hall–Kier alpha value is -2.00. The van der Waals surface area contributed by atoms with Gasteiger partial charge in [0.05, 0.1) is 4.90 Å². The standard InChI is InChI=1S/C22H28FN3O3S.ClH/c1-14-12-18(23)4-6-20(14)22(27)25-21-7-5-19(13-15(21)2)30(28,29)26-16(3)17-8-10-24-11-9-17;/h4-7,12-13,16-17,24,26H,8-11H2,1-3H3,(H,25,27);1H/t16-;/m1./s1. The van der Waals surface area contributed by atoms with Crippen LogP contribution in [-0.2, 0) is 10.0 Å². The SMILES string of the molecule is Cc1cc(S(=O)(=O)N[C@H](C)C2CCNCC2)ccc1NC(=O)c1ccc(F)cc1C.Cl. The van der Waals surface area contributed by atoms with E-state index < -0.39 is 15.8 Å². The van der Waals surface area contributed by atoms with Crippen molar-refractivity contribution >= 4 is 34.0 Å². The molecule has 9 heteroatoms. The summed E-state index contributed by atoms with van der Waals surface area (Å²) in [4.78, 5) is 12.7. The molecule has 2 aromatic rings. The number of benzene rings is 2. The maximum Gasteiger partial charge on any atom is 0.255 e. The quantitative estimate of drug-likeness (QED) is 0.600. The molecule has 0 radical (unpaired) electrons. The molecule has 1 aliphatic heterocycles. The molecule has 1 amide bonds. The Morgan fingerprint density at radius 3 is 2.39 bits per heavy atom. The van der Waals surface area contributed by atoms with Crippen molar-refractivity contribution in [1.82, 2.24) is 10.0 Å². The van der Waals surface area contributed by atoms with Gasteiger partial charge < -0.3 is 10.6 Å². The summed E-state index contributed by atoms with van der Waals surface area (Å²) in [6.07, 6.45) is 1.88. The van der Waals surface area contributed by atoms with Crippen molar-refractivity contribution in [2.24, 2.45) is 5.92 Å². The topological polar surface area (TPSA) is 87.3 Å². The van der Waals surface area contributed by atoms with E-state index in [0.717, 1.165) is 25.9 Å². The first-order valence-corrected chi connectivity index (χ1v) is 11.6. The third-order valence-electron chi connectivity index (χ3n) is 5.62. The Morgan fingerprint density at radius 1 is 1.10 bits per heavy atom. The fourth-order valence-corrected chi connectivity index (χ4v) is 5.17. The van der Waals surface area contributed by atoms with Gasteiger partial charge in [0.2, 0.25) is 10.0 Å². The smallest absolute Gasteiger partial charge is 0.255 e. The van der Waals surface area contributed by atoms with E-state index in [1.54, 1.807) is 26.0 Å². The second kappa shape index (κ2) is 10.5. The van der Waals surface area contributed by atoms with Gasteiger partial charge in [0.15, 0.2) is 0 Å². The minimum atomic E-state index is -3.67. The molecule has 1 aliphatic rings. The van der Waals surface area contributed by atoms with Crippen molar-refractivity contribution < 1.29 is 17.6 Å². The number of carbonyl (C=O) groups is 1. The molecule has 1 atom stereocenters. The zero-order valence-electron chi connectivity index (χ0n) is 17.9. The van der Waals surface area contributed by atoms with Gasteiger partial charge in [0.1, 0.15) is 5.82 Å². The number of carbonyl (C=O) groups excluding carboxylic acids is 1. The fourth-order valence-electron chi connectivity index (χ4n) is 3.77. The molecule has 3 rings (SSSR count). The van der Waals surface area contributed by atoms with Crippen LogP contribution in [0.5, 0.6) is 0 Å². The minimum Gasteiger partial charge on any atom is -0.322 e. The van der Waals surface area contributed by atoms with Crippen LogP contribution in [0.4, 0.5) is 10.1 Å². The van der Waals surface area contributed by atoms with Crippen molar-refractivity contribution in [2.75, 3.05) is 18.4 Å². The van der Waals surface area contributed by atoms with E-state index in [4.69, 9.17) is 0 Å². The first kappa shape index (κ1) is 25.3. The number of rotatable bonds is 6. The van der Waals surface area contributed by atoms with Crippen molar-refractivity contribution in [2.45, 2.75) is 44.6 Å². The minimum absolute atomic E-state index is 0. The lowest BCUT2D eigenvalue weighted by atomic mass is 9.92. The lowest BCUT2D eigenvalue weighted by Gasteiger charge is -2.28. The number of nitrogens with one attached hydrogen (secondary N) is 3. The summed E-state index contributed by atoms with van der Waals surface area (Å²) in [6, 6.07) is 8.42. The Kier molecular flexibility index (Phi) is 8.59. The van der Waals surface area contributed by atoms with Crippen molar-refractivity contribution in [3.63, 3.8) is 0 Å². The van der Waals surface area contributed by atoms with E-state index in [-0.39, 0.29) is 29.3 Å². The Balaban J connectivity index is 0.00000341. The molecule has 0 spiro atoms. The molecular weight excluding hydrogens is 441 g/mol. The third-order valence-corrected chi connectivity index (χ3v) is 7.18. The predicted molar refractivity (Wildman–Crippen MR) is 123 cm³/mol. The van der Waals surface area contributed by atoms with Gasteiger partial charge in [0.25, 0.3) is 5.91 Å².